The molecule has 0 heterocycles. The summed E-state index contributed by atoms with van der Waals surface area (Å²) in [5, 5.41) is 0. The summed E-state index contributed by atoms with van der Waals surface area (Å²) in [4.78, 5) is 0. The monoisotopic (exact) mass is 717 g/mol. The maximum Gasteiger partial charge on any atom is 0.119 e. The molecule has 0 radical (unpaired) electrons. The number of ether oxygens (including phenoxy) is 11. The van der Waals surface area contributed by atoms with E-state index >= 15 is 0 Å². The predicted molar refractivity (Wildman–Crippen MR) is 197 cm³/mol. The molecule has 0 saturated carbocycles. The molecule has 294 valence electrons. The van der Waals surface area contributed by atoms with Gasteiger partial charge in [0.25, 0.3) is 0 Å². The van der Waals surface area contributed by atoms with Crippen LogP contribution >= 0.6 is 0 Å². The number of hydrogen-bond donors (Lipinski definition) is 0. The first kappa shape index (κ1) is 46.6. The van der Waals surface area contributed by atoms with Crippen molar-refractivity contribution in [2.75, 3.05) is 139 Å². The van der Waals surface area contributed by atoms with Crippen LogP contribution in [0.15, 0.2) is 24.3 Å². The van der Waals surface area contributed by atoms with E-state index in [1.54, 1.807) is 0 Å². The highest BCUT2D eigenvalue weighted by atomic mass is 16.6. The van der Waals surface area contributed by atoms with E-state index in [1.165, 1.54) is 50.5 Å². The van der Waals surface area contributed by atoms with E-state index in [0.29, 0.717) is 132 Å². The molecular weight excluding hydrogens is 644 g/mol. The van der Waals surface area contributed by atoms with E-state index in [-0.39, 0.29) is 0 Å². The third kappa shape index (κ3) is 35.0. The highest BCUT2D eigenvalue weighted by molar-refractivity contribution is 5.27. The molecule has 0 unspecified atom stereocenters. The molecule has 50 heavy (non-hydrogen) atoms. The second-order valence-corrected chi connectivity index (χ2v) is 11.8. The van der Waals surface area contributed by atoms with E-state index in [0.717, 1.165) is 31.6 Å². The molecule has 0 amide bonds. The van der Waals surface area contributed by atoms with Gasteiger partial charge in [-0.1, -0.05) is 70.9 Å². The molecule has 0 aliphatic carbocycles. The summed E-state index contributed by atoms with van der Waals surface area (Å²) < 4.78 is 60.8. The van der Waals surface area contributed by atoms with Gasteiger partial charge in [-0.25, -0.2) is 0 Å². The highest BCUT2D eigenvalue weighted by Gasteiger charge is 1.99. The SMILES string of the molecule is CCCCCCCCCc1ccc(OCCOCCOCCOCCOCCOCCOCCOCCOCCOCCOCCCC)cc1. The van der Waals surface area contributed by atoms with Crippen molar-refractivity contribution in [1.29, 1.82) is 0 Å². The average Bonchev–Trinajstić information content (AvgIpc) is 3.13. The van der Waals surface area contributed by atoms with E-state index in [1.807, 2.05) is 0 Å². The normalized spacial score (nSPS) is 11.5. The third-order valence-electron chi connectivity index (χ3n) is 7.48. The fraction of sp³-hybridized carbons (Fsp3) is 0.846. The Morgan fingerprint density at radius 2 is 0.600 bits per heavy atom. The van der Waals surface area contributed by atoms with Gasteiger partial charge in [-0.05, 0) is 37.0 Å². The van der Waals surface area contributed by atoms with Crippen molar-refractivity contribution in [3.8, 4) is 5.75 Å². The fourth-order valence-corrected chi connectivity index (χ4v) is 4.58. The van der Waals surface area contributed by atoms with Crippen LogP contribution in [0.25, 0.3) is 0 Å². The summed E-state index contributed by atoms with van der Waals surface area (Å²) in [6.07, 6.45) is 12.8. The standard InChI is InChI=1S/C39H72O11/c1-3-5-7-8-9-10-11-12-38-13-15-39(16-14-38)50-37-36-49-35-34-48-33-32-47-31-30-46-29-28-45-27-26-44-25-24-43-23-22-42-21-20-41-19-18-40-17-6-4-2/h13-16H,3-12,17-37H2,1-2H3. The Morgan fingerprint density at radius 3 is 0.960 bits per heavy atom. The molecule has 0 spiro atoms. The topological polar surface area (TPSA) is 102 Å². The molecule has 0 fully saturated rings. The van der Waals surface area contributed by atoms with Gasteiger partial charge in [0.2, 0.25) is 0 Å². The summed E-state index contributed by atoms with van der Waals surface area (Å²) in [5.41, 5.74) is 1.38. The smallest absolute Gasteiger partial charge is 0.119 e. The molecule has 1 rings (SSSR count). The number of aryl methyl sites for hydroxylation is 1. The van der Waals surface area contributed by atoms with Crippen molar-refractivity contribution in [1.82, 2.24) is 0 Å². The minimum Gasteiger partial charge on any atom is -0.491 e. The van der Waals surface area contributed by atoms with E-state index in [2.05, 4.69) is 38.1 Å². The Hall–Kier alpha value is -1.38. The fourth-order valence-electron chi connectivity index (χ4n) is 4.58. The lowest BCUT2D eigenvalue weighted by Gasteiger charge is -2.09. The molecule has 0 aromatic heterocycles. The van der Waals surface area contributed by atoms with E-state index < -0.39 is 0 Å². The number of benzene rings is 1. The summed E-state index contributed by atoms with van der Waals surface area (Å²) in [7, 11) is 0. The van der Waals surface area contributed by atoms with Crippen molar-refractivity contribution >= 4 is 0 Å². The molecule has 0 aliphatic rings. The largest absolute Gasteiger partial charge is 0.491 e. The number of rotatable bonds is 42. The second-order valence-electron chi connectivity index (χ2n) is 11.8. The highest BCUT2D eigenvalue weighted by Crippen LogP contribution is 2.15. The Labute approximate surface area is 304 Å². The lowest BCUT2D eigenvalue weighted by Crippen LogP contribution is -2.15. The molecule has 0 N–H and O–H groups in total. The van der Waals surface area contributed by atoms with Crippen molar-refractivity contribution in [3.63, 3.8) is 0 Å². The van der Waals surface area contributed by atoms with Crippen LogP contribution in [-0.2, 0) is 53.8 Å². The van der Waals surface area contributed by atoms with Crippen LogP contribution in [0, 0.1) is 0 Å². The quantitative estimate of drug-likeness (QED) is 0.0711. The summed E-state index contributed by atoms with van der Waals surface area (Å²) in [6, 6.07) is 8.46. The maximum absolute atomic E-state index is 5.78. The lowest BCUT2D eigenvalue weighted by atomic mass is 10.0. The van der Waals surface area contributed by atoms with Crippen molar-refractivity contribution in [3.05, 3.63) is 29.8 Å². The Balaban J connectivity index is 1.69. The van der Waals surface area contributed by atoms with Gasteiger partial charge in [-0.15, -0.1) is 0 Å². The van der Waals surface area contributed by atoms with Crippen LogP contribution in [0.1, 0.15) is 77.2 Å². The summed E-state index contributed by atoms with van der Waals surface area (Å²) in [6.45, 7) is 16.0. The predicted octanol–water partition coefficient (Wildman–Crippen LogP) is 6.32. The Bertz CT molecular complexity index is 769. The van der Waals surface area contributed by atoms with E-state index in [9.17, 15) is 0 Å². The van der Waals surface area contributed by atoms with Gasteiger partial charge in [0.05, 0.1) is 126 Å². The van der Waals surface area contributed by atoms with Crippen molar-refractivity contribution in [2.45, 2.75) is 78.1 Å². The van der Waals surface area contributed by atoms with Gasteiger partial charge in [0.1, 0.15) is 12.4 Å². The average molecular weight is 717 g/mol. The van der Waals surface area contributed by atoms with Crippen LogP contribution < -0.4 is 4.74 Å². The number of hydrogen-bond acceptors (Lipinski definition) is 11. The first-order valence-corrected chi connectivity index (χ1v) is 19.4. The zero-order valence-corrected chi connectivity index (χ0v) is 31.7. The van der Waals surface area contributed by atoms with Crippen LogP contribution in [0.3, 0.4) is 0 Å². The lowest BCUT2D eigenvalue weighted by molar-refractivity contribution is -0.0267. The summed E-state index contributed by atoms with van der Waals surface area (Å²) in [5.74, 6) is 0.889. The van der Waals surface area contributed by atoms with Gasteiger partial charge in [0, 0.05) is 6.61 Å². The van der Waals surface area contributed by atoms with Gasteiger partial charge >= 0.3 is 0 Å². The van der Waals surface area contributed by atoms with Crippen LogP contribution in [0.4, 0.5) is 0 Å². The minimum absolute atomic E-state index is 0.520. The minimum atomic E-state index is 0.520. The van der Waals surface area contributed by atoms with Crippen LogP contribution in [-0.4, -0.2) is 139 Å². The molecule has 1 aromatic carbocycles. The van der Waals surface area contributed by atoms with Crippen LogP contribution in [0.5, 0.6) is 5.75 Å². The molecule has 0 aliphatic heterocycles. The molecule has 11 nitrogen and oxygen atoms in total. The zero-order valence-electron chi connectivity index (χ0n) is 31.7. The zero-order chi connectivity index (χ0) is 35.7. The van der Waals surface area contributed by atoms with E-state index in [4.69, 9.17) is 52.1 Å². The van der Waals surface area contributed by atoms with Gasteiger partial charge in [-0.3, -0.25) is 0 Å². The van der Waals surface area contributed by atoms with Crippen LogP contribution in [0.2, 0.25) is 0 Å². The molecule has 11 heteroatoms. The Morgan fingerprint density at radius 1 is 0.300 bits per heavy atom. The first-order chi connectivity index (χ1) is 24.9. The number of unbranched alkanes of at least 4 members (excludes halogenated alkanes) is 7. The van der Waals surface area contributed by atoms with Gasteiger partial charge in [0.15, 0.2) is 0 Å². The molecule has 0 saturated heterocycles. The maximum atomic E-state index is 5.78. The summed E-state index contributed by atoms with van der Waals surface area (Å²) >= 11 is 0. The first-order valence-electron chi connectivity index (χ1n) is 19.4. The van der Waals surface area contributed by atoms with Gasteiger partial charge in [-0.2, -0.15) is 0 Å². The molecule has 0 atom stereocenters. The van der Waals surface area contributed by atoms with Crippen molar-refractivity contribution in [2.24, 2.45) is 0 Å². The second kappa shape index (κ2) is 40.4. The molecular formula is C39H72O11. The van der Waals surface area contributed by atoms with Crippen molar-refractivity contribution < 1.29 is 52.1 Å². The Kier molecular flexibility index (Phi) is 37.7. The van der Waals surface area contributed by atoms with Gasteiger partial charge < -0.3 is 52.1 Å². The molecule has 1 aromatic rings. The molecule has 0 bridgehead atoms. The third-order valence-corrected chi connectivity index (χ3v) is 7.48.